The van der Waals surface area contributed by atoms with Gasteiger partial charge in [-0.25, -0.2) is 8.78 Å². The van der Waals surface area contributed by atoms with Crippen LogP contribution in [-0.4, -0.2) is 13.2 Å². The third-order valence-electron chi connectivity index (χ3n) is 7.62. The monoisotopic (exact) mass is 429 g/mol. The summed E-state index contributed by atoms with van der Waals surface area (Å²) in [6, 6.07) is 4.25. The SMILES string of the molecule is C/C=C/COCCC1CCC(C2CCC(CCc3cc(F)c(C#N)c(F)c3)CC2)CC1. The van der Waals surface area contributed by atoms with E-state index in [1.54, 1.807) is 6.07 Å². The van der Waals surface area contributed by atoms with Crippen molar-refractivity contribution in [3.63, 3.8) is 0 Å². The van der Waals surface area contributed by atoms with Crippen LogP contribution >= 0.6 is 0 Å². The minimum absolute atomic E-state index is 0.472. The van der Waals surface area contributed by atoms with Gasteiger partial charge in [-0.05, 0) is 93.2 Å². The van der Waals surface area contributed by atoms with Crippen LogP contribution in [0.1, 0.15) is 82.3 Å². The van der Waals surface area contributed by atoms with E-state index in [2.05, 4.69) is 6.08 Å². The molecule has 1 aromatic carbocycles. The molecule has 2 nitrogen and oxygen atoms in total. The largest absolute Gasteiger partial charge is 0.377 e. The molecule has 0 heterocycles. The number of hydrogen-bond acceptors (Lipinski definition) is 2. The minimum atomic E-state index is -0.735. The van der Waals surface area contributed by atoms with Gasteiger partial charge in [-0.1, -0.05) is 37.8 Å². The second kappa shape index (κ2) is 12.3. The quantitative estimate of drug-likeness (QED) is 0.303. The number of aryl methyl sites for hydroxylation is 1. The second-order valence-corrected chi connectivity index (χ2v) is 9.58. The number of rotatable bonds is 9. The van der Waals surface area contributed by atoms with Gasteiger partial charge >= 0.3 is 0 Å². The summed E-state index contributed by atoms with van der Waals surface area (Å²) in [6.07, 6.45) is 17.5. The van der Waals surface area contributed by atoms with Crippen molar-refractivity contribution in [2.24, 2.45) is 23.7 Å². The highest BCUT2D eigenvalue weighted by molar-refractivity contribution is 5.35. The summed E-state index contributed by atoms with van der Waals surface area (Å²) in [4.78, 5) is 0. The zero-order valence-corrected chi connectivity index (χ0v) is 18.9. The van der Waals surface area contributed by atoms with Crippen LogP contribution in [0.3, 0.4) is 0 Å². The van der Waals surface area contributed by atoms with Gasteiger partial charge in [0.1, 0.15) is 23.3 Å². The molecule has 3 rings (SSSR count). The number of nitriles is 1. The van der Waals surface area contributed by atoms with Crippen LogP contribution in [0.2, 0.25) is 0 Å². The first-order chi connectivity index (χ1) is 15.1. The molecule has 4 heteroatoms. The van der Waals surface area contributed by atoms with Gasteiger partial charge in [-0.2, -0.15) is 5.26 Å². The number of benzene rings is 1. The van der Waals surface area contributed by atoms with Gasteiger partial charge in [-0.3, -0.25) is 0 Å². The molecule has 0 unspecified atom stereocenters. The Morgan fingerprint density at radius 3 is 2.00 bits per heavy atom. The van der Waals surface area contributed by atoms with E-state index in [4.69, 9.17) is 10.00 Å². The van der Waals surface area contributed by atoms with Crippen LogP contribution in [0, 0.1) is 46.6 Å². The lowest BCUT2D eigenvalue weighted by atomic mass is 9.68. The fourth-order valence-electron chi connectivity index (χ4n) is 5.64. The topological polar surface area (TPSA) is 33.0 Å². The smallest absolute Gasteiger partial charge is 0.144 e. The number of nitrogens with zero attached hydrogens (tertiary/aromatic N) is 1. The second-order valence-electron chi connectivity index (χ2n) is 9.58. The van der Waals surface area contributed by atoms with Crippen molar-refractivity contribution in [1.82, 2.24) is 0 Å². The summed E-state index contributed by atoms with van der Waals surface area (Å²) in [6.45, 7) is 3.65. The molecule has 0 radical (unpaired) electrons. The van der Waals surface area contributed by atoms with Crippen molar-refractivity contribution in [1.29, 1.82) is 5.26 Å². The molecule has 0 amide bonds. The van der Waals surface area contributed by atoms with E-state index in [1.165, 1.54) is 69.9 Å². The van der Waals surface area contributed by atoms with E-state index in [0.29, 0.717) is 17.9 Å². The van der Waals surface area contributed by atoms with Crippen molar-refractivity contribution in [2.45, 2.75) is 77.6 Å². The predicted octanol–water partition coefficient (Wildman–Crippen LogP) is 7.36. The molecule has 0 aromatic heterocycles. The molecule has 2 fully saturated rings. The Kier molecular flexibility index (Phi) is 9.53. The highest BCUT2D eigenvalue weighted by atomic mass is 19.1. The molecule has 0 saturated heterocycles. The molecular weight excluding hydrogens is 392 g/mol. The first-order valence-electron chi connectivity index (χ1n) is 12.2. The first-order valence-corrected chi connectivity index (χ1v) is 12.2. The van der Waals surface area contributed by atoms with E-state index < -0.39 is 17.2 Å². The van der Waals surface area contributed by atoms with Crippen molar-refractivity contribution in [2.75, 3.05) is 13.2 Å². The molecular formula is C27H37F2NO. The van der Waals surface area contributed by atoms with Crippen molar-refractivity contribution in [3.8, 4) is 6.07 Å². The Labute approximate surface area is 186 Å². The van der Waals surface area contributed by atoms with E-state index in [0.717, 1.165) is 37.4 Å². The lowest BCUT2D eigenvalue weighted by molar-refractivity contribution is 0.110. The number of allylic oxidation sites excluding steroid dienone is 1. The molecule has 0 atom stereocenters. The Balaban J connectivity index is 1.34. The Hall–Kier alpha value is -1.73. The molecule has 0 spiro atoms. The summed E-state index contributed by atoms with van der Waals surface area (Å²) in [5.74, 6) is 1.79. The van der Waals surface area contributed by atoms with Gasteiger partial charge in [0.15, 0.2) is 0 Å². The fourth-order valence-corrected chi connectivity index (χ4v) is 5.64. The number of halogens is 2. The lowest BCUT2D eigenvalue weighted by Crippen LogP contribution is -2.26. The van der Waals surface area contributed by atoms with Gasteiger partial charge in [0.2, 0.25) is 0 Å². The van der Waals surface area contributed by atoms with E-state index in [-0.39, 0.29) is 0 Å². The molecule has 2 aliphatic rings. The molecule has 1 aromatic rings. The van der Waals surface area contributed by atoms with Crippen molar-refractivity contribution < 1.29 is 13.5 Å². The van der Waals surface area contributed by atoms with Crippen LogP contribution in [-0.2, 0) is 11.2 Å². The molecule has 2 saturated carbocycles. The van der Waals surface area contributed by atoms with Crippen LogP contribution in [0.4, 0.5) is 8.78 Å². The normalized spacial score (nSPS) is 26.8. The summed E-state index contributed by atoms with van der Waals surface area (Å²) in [5.41, 5.74) is 0.198. The Morgan fingerprint density at radius 1 is 0.935 bits per heavy atom. The van der Waals surface area contributed by atoms with Crippen LogP contribution in [0.15, 0.2) is 24.3 Å². The molecule has 2 aliphatic carbocycles. The van der Waals surface area contributed by atoms with Gasteiger partial charge < -0.3 is 4.74 Å². The maximum Gasteiger partial charge on any atom is 0.144 e. The van der Waals surface area contributed by atoms with Crippen molar-refractivity contribution in [3.05, 3.63) is 47.0 Å². The maximum absolute atomic E-state index is 13.8. The van der Waals surface area contributed by atoms with Gasteiger partial charge in [-0.15, -0.1) is 0 Å². The zero-order chi connectivity index (χ0) is 22.1. The number of ether oxygens (including phenoxy) is 1. The summed E-state index contributed by atoms with van der Waals surface area (Å²) < 4.78 is 33.3. The fraction of sp³-hybridized carbons (Fsp3) is 0.667. The highest BCUT2D eigenvalue weighted by Crippen LogP contribution is 2.42. The lowest BCUT2D eigenvalue weighted by Gasteiger charge is -2.38. The van der Waals surface area contributed by atoms with Gasteiger partial charge in [0, 0.05) is 6.61 Å². The summed E-state index contributed by atoms with van der Waals surface area (Å²) in [5, 5.41) is 8.80. The van der Waals surface area contributed by atoms with Crippen LogP contribution in [0.5, 0.6) is 0 Å². The van der Waals surface area contributed by atoms with E-state index in [1.807, 2.05) is 13.0 Å². The Morgan fingerprint density at radius 2 is 1.48 bits per heavy atom. The summed E-state index contributed by atoms with van der Waals surface area (Å²) in [7, 11) is 0. The van der Waals surface area contributed by atoms with Crippen molar-refractivity contribution >= 4 is 0 Å². The van der Waals surface area contributed by atoms with E-state index in [9.17, 15) is 8.78 Å². The minimum Gasteiger partial charge on any atom is -0.377 e. The molecule has 0 bridgehead atoms. The van der Waals surface area contributed by atoms with Gasteiger partial charge in [0.25, 0.3) is 0 Å². The van der Waals surface area contributed by atoms with Crippen LogP contribution in [0.25, 0.3) is 0 Å². The maximum atomic E-state index is 13.8. The molecule has 0 N–H and O–H groups in total. The molecule has 0 aliphatic heterocycles. The first kappa shape index (κ1) is 23.9. The zero-order valence-electron chi connectivity index (χ0n) is 18.9. The third-order valence-corrected chi connectivity index (χ3v) is 7.62. The average Bonchev–Trinajstić information content (AvgIpc) is 2.78. The number of hydrogen-bond donors (Lipinski definition) is 0. The highest BCUT2D eigenvalue weighted by Gasteiger charge is 2.30. The molecule has 170 valence electrons. The molecule has 31 heavy (non-hydrogen) atoms. The van der Waals surface area contributed by atoms with Gasteiger partial charge in [0.05, 0.1) is 6.61 Å². The van der Waals surface area contributed by atoms with E-state index >= 15 is 0 Å². The Bertz CT molecular complexity index is 730. The standard InChI is InChI=1S/C27H37F2NO/c1-2-3-15-31-16-14-21-8-12-24(13-9-21)23-10-6-20(7-11-23)4-5-22-17-26(28)25(19-30)27(29)18-22/h2-3,17-18,20-21,23-24H,4-16H2,1H3/b3-2+. The summed E-state index contributed by atoms with van der Waals surface area (Å²) >= 11 is 0. The average molecular weight is 430 g/mol. The predicted molar refractivity (Wildman–Crippen MR) is 121 cm³/mol. The van der Waals surface area contributed by atoms with Crippen LogP contribution < -0.4 is 0 Å². The third kappa shape index (κ3) is 7.14.